The van der Waals surface area contributed by atoms with Crippen molar-refractivity contribution in [3.8, 4) is 5.75 Å². The number of carbonyl (C=O) groups is 1. The summed E-state index contributed by atoms with van der Waals surface area (Å²) in [5.41, 5.74) is 2.72. The van der Waals surface area contributed by atoms with Crippen LogP contribution in [-0.2, 0) is 13.0 Å². The van der Waals surface area contributed by atoms with Crippen molar-refractivity contribution in [3.05, 3.63) is 63.6 Å². The Labute approximate surface area is 180 Å². The Morgan fingerprint density at radius 3 is 2.72 bits per heavy atom. The summed E-state index contributed by atoms with van der Waals surface area (Å²) < 4.78 is 6.99. The monoisotopic (exact) mass is 458 g/mol. The normalized spacial score (nSPS) is 19.7. The fourth-order valence-electron chi connectivity index (χ4n) is 4.26. The molecule has 0 fully saturated rings. The quantitative estimate of drug-likeness (QED) is 0.761. The van der Waals surface area contributed by atoms with Crippen molar-refractivity contribution in [1.82, 2.24) is 9.80 Å². The number of aliphatic hydroxyl groups is 1. The summed E-state index contributed by atoms with van der Waals surface area (Å²) in [5.74, 6) is 0.486. The van der Waals surface area contributed by atoms with Gasteiger partial charge in [0, 0.05) is 30.7 Å². The SMILES string of the molecule is CC1(C)CN(C[C@H](O)CN2CCc3ccccc3C2)C(=O)c2ccc(Br)cc2O1. The van der Waals surface area contributed by atoms with E-state index in [1.807, 2.05) is 26.0 Å². The van der Waals surface area contributed by atoms with Crippen molar-refractivity contribution in [2.24, 2.45) is 0 Å². The molecule has 0 saturated carbocycles. The molecule has 2 aliphatic rings. The van der Waals surface area contributed by atoms with Crippen LogP contribution in [0, 0.1) is 0 Å². The van der Waals surface area contributed by atoms with Gasteiger partial charge in [-0.15, -0.1) is 0 Å². The van der Waals surface area contributed by atoms with Crippen LogP contribution in [0.1, 0.15) is 35.3 Å². The third kappa shape index (κ3) is 4.65. The van der Waals surface area contributed by atoms with Gasteiger partial charge in [-0.3, -0.25) is 9.69 Å². The number of β-amino-alcohol motifs (C(OH)–C–C–N with tert-alkyl or cyclic N) is 1. The lowest BCUT2D eigenvalue weighted by Crippen LogP contribution is -2.48. The largest absolute Gasteiger partial charge is 0.485 e. The summed E-state index contributed by atoms with van der Waals surface area (Å²) in [7, 11) is 0. The minimum absolute atomic E-state index is 0.0962. The number of benzene rings is 2. The molecule has 0 spiro atoms. The van der Waals surface area contributed by atoms with Gasteiger partial charge in [-0.1, -0.05) is 40.2 Å². The molecule has 0 radical (unpaired) electrons. The lowest BCUT2D eigenvalue weighted by Gasteiger charge is -2.33. The number of hydrogen-bond donors (Lipinski definition) is 1. The summed E-state index contributed by atoms with van der Waals surface area (Å²) in [4.78, 5) is 17.1. The molecule has 5 nitrogen and oxygen atoms in total. The smallest absolute Gasteiger partial charge is 0.257 e. The van der Waals surface area contributed by atoms with E-state index < -0.39 is 11.7 Å². The Kier molecular flexibility index (Phi) is 5.69. The highest BCUT2D eigenvalue weighted by atomic mass is 79.9. The third-order valence-electron chi connectivity index (χ3n) is 5.53. The highest BCUT2D eigenvalue weighted by Crippen LogP contribution is 2.32. The fraction of sp³-hybridized carbons (Fsp3) is 0.435. The minimum Gasteiger partial charge on any atom is -0.485 e. The Morgan fingerprint density at radius 2 is 1.93 bits per heavy atom. The molecule has 2 aromatic carbocycles. The van der Waals surface area contributed by atoms with E-state index in [1.54, 1.807) is 11.0 Å². The molecule has 2 heterocycles. The van der Waals surface area contributed by atoms with Crippen LogP contribution in [0.2, 0.25) is 0 Å². The number of carbonyl (C=O) groups excluding carboxylic acids is 1. The number of rotatable bonds is 4. The molecule has 29 heavy (non-hydrogen) atoms. The van der Waals surface area contributed by atoms with E-state index in [0.29, 0.717) is 30.9 Å². The van der Waals surface area contributed by atoms with E-state index in [-0.39, 0.29) is 5.91 Å². The molecular weight excluding hydrogens is 432 g/mol. The maximum Gasteiger partial charge on any atom is 0.257 e. The second-order valence-corrected chi connectivity index (χ2v) is 9.51. The van der Waals surface area contributed by atoms with Gasteiger partial charge in [-0.2, -0.15) is 0 Å². The predicted octanol–water partition coefficient (Wildman–Crippen LogP) is 3.48. The maximum atomic E-state index is 13.1. The number of ether oxygens (including phenoxy) is 1. The molecule has 1 amide bonds. The summed E-state index contributed by atoms with van der Waals surface area (Å²) in [5, 5.41) is 10.8. The number of amides is 1. The lowest BCUT2D eigenvalue weighted by atomic mass is 9.99. The zero-order valence-corrected chi connectivity index (χ0v) is 18.5. The van der Waals surface area contributed by atoms with Gasteiger partial charge in [0.05, 0.1) is 18.2 Å². The number of fused-ring (bicyclic) bond motifs is 2. The van der Waals surface area contributed by atoms with Gasteiger partial charge < -0.3 is 14.7 Å². The number of hydrogen-bond acceptors (Lipinski definition) is 4. The third-order valence-corrected chi connectivity index (χ3v) is 6.02. The highest BCUT2D eigenvalue weighted by molar-refractivity contribution is 9.10. The molecule has 1 N–H and O–H groups in total. The standard InChI is InChI=1S/C23H27BrN2O3/c1-23(2)15-26(22(28)20-8-7-18(24)11-21(20)29-23)14-19(27)13-25-10-9-16-5-3-4-6-17(16)12-25/h3-8,11,19,27H,9-10,12-15H2,1-2H3/t19-/m1/s1. The highest BCUT2D eigenvalue weighted by Gasteiger charge is 2.35. The maximum absolute atomic E-state index is 13.1. The second-order valence-electron chi connectivity index (χ2n) is 8.60. The molecule has 1 atom stereocenters. The molecule has 0 saturated heterocycles. The first kappa shape index (κ1) is 20.4. The molecule has 0 bridgehead atoms. The van der Waals surface area contributed by atoms with Crippen molar-refractivity contribution in [2.45, 2.75) is 38.5 Å². The van der Waals surface area contributed by atoms with Gasteiger partial charge in [0.2, 0.25) is 0 Å². The molecule has 4 rings (SSSR count). The van der Waals surface area contributed by atoms with E-state index >= 15 is 0 Å². The molecule has 2 aromatic rings. The van der Waals surface area contributed by atoms with Crippen LogP contribution in [0.3, 0.4) is 0 Å². The van der Waals surface area contributed by atoms with Crippen LogP contribution in [0.4, 0.5) is 0 Å². The average Bonchev–Trinajstić information content (AvgIpc) is 2.75. The Bertz CT molecular complexity index is 915. The molecule has 0 aliphatic carbocycles. The summed E-state index contributed by atoms with van der Waals surface area (Å²) in [6.45, 7) is 6.97. The van der Waals surface area contributed by atoms with E-state index in [0.717, 1.165) is 24.0 Å². The van der Waals surface area contributed by atoms with E-state index in [1.165, 1.54) is 11.1 Å². The van der Waals surface area contributed by atoms with Crippen molar-refractivity contribution in [3.63, 3.8) is 0 Å². The van der Waals surface area contributed by atoms with Crippen molar-refractivity contribution < 1.29 is 14.6 Å². The first-order valence-electron chi connectivity index (χ1n) is 10.1. The average molecular weight is 459 g/mol. The Hall–Kier alpha value is -1.89. The molecule has 2 aliphatic heterocycles. The van der Waals surface area contributed by atoms with Gasteiger partial charge in [-0.05, 0) is 49.6 Å². The predicted molar refractivity (Wildman–Crippen MR) is 116 cm³/mol. The van der Waals surface area contributed by atoms with Gasteiger partial charge in [0.25, 0.3) is 5.91 Å². The van der Waals surface area contributed by atoms with Crippen LogP contribution >= 0.6 is 15.9 Å². The van der Waals surface area contributed by atoms with Gasteiger partial charge in [0.1, 0.15) is 11.4 Å². The topological polar surface area (TPSA) is 53.0 Å². The molecular formula is C23H27BrN2O3. The zero-order chi connectivity index (χ0) is 20.6. The first-order chi connectivity index (χ1) is 13.8. The number of aliphatic hydroxyl groups excluding tert-OH is 1. The molecule has 154 valence electrons. The van der Waals surface area contributed by atoms with Crippen LogP contribution in [0.15, 0.2) is 46.9 Å². The summed E-state index contributed by atoms with van der Waals surface area (Å²) in [6, 6.07) is 13.9. The van der Waals surface area contributed by atoms with E-state index in [2.05, 4.69) is 45.1 Å². The van der Waals surface area contributed by atoms with Crippen molar-refractivity contribution in [1.29, 1.82) is 0 Å². The van der Waals surface area contributed by atoms with Gasteiger partial charge in [-0.25, -0.2) is 0 Å². The molecule has 6 heteroatoms. The zero-order valence-electron chi connectivity index (χ0n) is 16.9. The van der Waals surface area contributed by atoms with Crippen LogP contribution < -0.4 is 4.74 Å². The van der Waals surface area contributed by atoms with Crippen LogP contribution in [0.25, 0.3) is 0 Å². The first-order valence-corrected chi connectivity index (χ1v) is 10.8. The van der Waals surface area contributed by atoms with E-state index in [4.69, 9.17) is 4.74 Å². The molecule has 0 aromatic heterocycles. The number of halogens is 1. The van der Waals surface area contributed by atoms with Crippen LogP contribution in [-0.4, -0.2) is 58.7 Å². The summed E-state index contributed by atoms with van der Waals surface area (Å²) in [6.07, 6.45) is 0.381. The van der Waals surface area contributed by atoms with Crippen LogP contribution in [0.5, 0.6) is 5.75 Å². The Balaban J connectivity index is 1.45. The minimum atomic E-state index is -0.614. The van der Waals surface area contributed by atoms with E-state index in [9.17, 15) is 9.90 Å². The molecule has 0 unspecified atom stereocenters. The number of nitrogens with zero attached hydrogens (tertiary/aromatic N) is 2. The fourth-order valence-corrected chi connectivity index (χ4v) is 4.60. The van der Waals surface area contributed by atoms with Gasteiger partial charge >= 0.3 is 0 Å². The second kappa shape index (κ2) is 8.09. The lowest BCUT2D eigenvalue weighted by molar-refractivity contribution is 0.0287. The summed E-state index contributed by atoms with van der Waals surface area (Å²) >= 11 is 3.45. The Morgan fingerprint density at radius 1 is 1.17 bits per heavy atom. The van der Waals surface area contributed by atoms with Gasteiger partial charge in [0.15, 0.2) is 0 Å². The van der Waals surface area contributed by atoms with Crippen molar-refractivity contribution in [2.75, 3.05) is 26.2 Å². The van der Waals surface area contributed by atoms with Crippen molar-refractivity contribution >= 4 is 21.8 Å².